The first-order chi connectivity index (χ1) is 16.3. The van der Waals surface area contributed by atoms with Gasteiger partial charge < -0.3 is 0 Å². The van der Waals surface area contributed by atoms with Crippen molar-refractivity contribution in [1.82, 2.24) is 9.97 Å². The van der Waals surface area contributed by atoms with Gasteiger partial charge in [-0.05, 0) is 62.2 Å². The molecule has 0 saturated heterocycles. The van der Waals surface area contributed by atoms with Gasteiger partial charge in [-0.2, -0.15) is 0 Å². The number of hydrogen-bond acceptors (Lipinski definition) is 6. The summed E-state index contributed by atoms with van der Waals surface area (Å²) in [7, 11) is -3.84. The third-order valence-corrected chi connectivity index (χ3v) is 8.73. The molecule has 5 rings (SSSR count). The molecule has 1 atom stereocenters. The van der Waals surface area contributed by atoms with E-state index in [1.54, 1.807) is 18.3 Å². The summed E-state index contributed by atoms with van der Waals surface area (Å²) in [6.45, 7) is 3.75. The van der Waals surface area contributed by atoms with Gasteiger partial charge in [0.15, 0.2) is 5.13 Å². The third-order valence-electron chi connectivity index (χ3n) is 5.71. The summed E-state index contributed by atoms with van der Waals surface area (Å²) in [6, 6.07) is 19.0. The van der Waals surface area contributed by atoms with Crippen LogP contribution in [0.3, 0.4) is 0 Å². The van der Waals surface area contributed by atoms with Crippen molar-refractivity contribution < 1.29 is 13.2 Å². The van der Waals surface area contributed by atoms with Crippen LogP contribution >= 0.6 is 11.3 Å². The number of pyridine rings is 1. The van der Waals surface area contributed by atoms with Crippen LogP contribution in [-0.2, 0) is 16.4 Å². The van der Waals surface area contributed by atoms with Crippen molar-refractivity contribution in [3.05, 3.63) is 89.7 Å². The molecule has 2 aromatic heterocycles. The van der Waals surface area contributed by atoms with Crippen LogP contribution < -0.4 is 9.62 Å². The molecular formula is C25H22N4O3S2. The van der Waals surface area contributed by atoms with E-state index < -0.39 is 15.9 Å². The van der Waals surface area contributed by atoms with E-state index in [0.717, 1.165) is 21.8 Å². The zero-order valence-corrected chi connectivity index (χ0v) is 20.2. The molecule has 0 fully saturated rings. The number of amides is 1. The summed E-state index contributed by atoms with van der Waals surface area (Å²) in [5.74, 6) is -0.423. The van der Waals surface area contributed by atoms with Gasteiger partial charge in [0.25, 0.3) is 15.9 Å². The van der Waals surface area contributed by atoms with Crippen molar-refractivity contribution in [2.24, 2.45) is 0 Å². The first-order valence-corrected chi connectivity index (χ1v) is 13.0. The highest BCUT2D eigenvalue weighted by Crippen LogP contribution is 2.37. The topological polar surface area (TPSA) is 92.3 Å². The maximum Gasteiger partial charge on any atom is 0.264 e. The molecule has 1 amide bonds. The number of rotatable bonds is 5. The predicted molar refractivity (Wildman–Crippen MR) is 134 cm³/mol. The first-order valence-electron chi connectivity index (χ1n) is 10.8. The maximum atomic E-state index is 13.5. The average molecular weight is 491 g/mol. The molecule has 1 aliphatic rings. The fourth-order valence-electron chi connectivity index (χ4n) is 4.17. The number of anilines is 2. The molecule has 2 aromatic carbocycles. The summed E-state index contributed by atoms with van der Waals surface area (Å²) in [6.07, 6.45) is 2.36. The molecule has 3 heterocycles. The Morgan fingerprint density at radius 3 is 2.68 bits per heavy atom. The standard InChI is InChI=1S/C25H22N4O3S2/c1-16-14-18-8-3-4-12-22(18)29(16)34(31,32)20-10-7-9-19(15-20)24(30)28-25-27-17(2)23(33-25)21-11-5-6-13-26-21/h3-13,15-16H,14H2,1-2H3,(H,27,28,30). The SMILES string of the molecule is Cc1nc(NC(=O)c2cccc(S(=O)(=O)N3c4ccccc4CC3C)c2)sc1-c1ccccn1. The second-order valence-corrected chi connectivity index (χ2v) is 10.9. The molecule has 7 nitrogen and oxygen atoms in total. The number of para-hydroxylation sites is 1. The number of aromatic nitrogens is 2. The normalized spacial score (nSPS) is 15.2. The Morgan fingerprint density at radius 2 is 1.88 bits per heavy atom. The summed E-state index contributed by atoms with van der Waals surface area (Å²) in [5, 5.41) is 3.22. The molecule has 4 aromatic rings. The zero-order valence-electron chi connectivity index (χ0n) is 18.6. The van der Waals surface area contributed by atoms with Crippen LogP contribution in [0.5, 0.6) is 0 Å². The third kappa shape index (κ3) is 3.97. The molecule has 0 bridgehead atoms. The number of benzene rings is 2. The lowest BCUT2D eigenvalue weighted by atomic mass is 10.1. The lowest BCUT2D eigenvalue weighted by Crippen LogP contribution is -2.35. The van der Waals surface area contributed by atoms with Gasteiger partial charge in [0.05, 0.1) is 26.8 Å². The summed E-state index contributed by atoms with van der Waals surface area (Å²) >= 11 is 1.33. The van der Waals surface area contributed by atoms with Gasteiger partial charge in [-0.15, -0.1) is 0 Å². The van der Waals surface area contributed by atoms with Gasteiger partial charge in [-0.1, -0.05) is 41.7 Å². The maximum absolute atomic E-state index is 13.5. The number of carbonyl (C=O) groups is 1. The molecule has 34 heavy (non-hydrogen) atoms. The van der Waals surface area contributed by atoms with Gasteiger partial charge >= 0.3 is 0 Å². The van der Waals surface area contributed by atoms with E-state index in [1.807, 2.05) is 56.3 Å². The fourth-order valence-corrected chi connectivity index (χ4v) is 6.85. The van der Waals surface area contributed by atoms with Gasteiger partial charge in [-0.25, -0.2) is 13.4 Å². The van der Waals surface area contributed by atoms with E-state index in [1.165, 1.54) is 27.8 Å². The van der Waals surface area contributed by atoms with Crippen LogP contribution in [0.15, 0.2) is 77.8 Å². The van der Waals surface area contributed by atoms with E-state index in [0.29, 0.717) is 17.2 Å². The number of nitrogens with zero attached hydrogens (tertiary/aromatic N) is 3. The minimum atomic E-state index is -3.84. The number of carbonyl (C=O) groups excluding carboxylic acids is 1. The van der Waals surface area contributed by atoms with Crippen LogP contribution in [0, 0.1) is 6.92 Å². The van der Waals surface area contributed by atoms with Crippen molar-refractivity contribution in [2.45, 2.75) is 31.2 Å². The molecule has 172 valence electrons. The molecule has 0 spiro atoms. The molecule has 0 aliphatic carbocycles. The van der Waals surface area contributed by atoms with Gasteiger partial charge in [0.2, 0.25) is 0 Å². The first kappa shape index (κ1) is 22.2. The number of aryl methyl sites for hydroxylation is 1. The lowest BCUT2D eigenvalue weighted by molar-refractivity contribution is 0.102. The van der Waals surface area contributed by atoms with E-state index in [2.05, 4.69) is 15.3 Å². The van der Waals surface area contributed by atoms with Gasteiger partial charge in [-0.3, -0.25) is 19.4 Å². The Kier molecular flexibility index (Phi) is 5.66. The second-order valence-electron chi connectivity index (χ2n) is 8.11. The minimum absolute atomic E-state index is 0.0770. The average Bonchev–Trinajstić information content (AvgIpc) is 3.38. The number of hydrogen-bond donors (Lipinski definition) is 1. The molecule has 1 N–H and O–H groups in total. The van der Waals surface area contributed by atoms with E-state index in [-0.39, 0.29) is 16.5 Å². The number of fused-ring (bicyclic) bond motifs is 1. The quantitative estimate of drug-likeness (QED) is 0.429. The summed E-state index contributed by atoms with van der Waals surface area (Å²) < 4.78 is 28.5. The highest BCUT2D eigenvalue weighted by Gasteiger charge is 2.36. The second kappa shape index (κ2) is 8.66. The predicted octanol–water partition coefficient (Wildman–Crippen LogP) is 4.91. The summed E-state index contributed by atoms with van der Waals surface area (Å²) in [4.78, 5) is 22.7. The van der Waals surface area contributed by atoms with Crippen molar-refractivity contribution in [1.29, 1.82) is 0 Å². The lowest BCUT2D eigenvalue weighted by Gasteiger charge is -2.24. The zero-order chi connectivity index (χ0) is 23.9. The Bertz CT molecular complexity index is 1480. The van der Waals surface area contributed by atoms with Crippen molar-refractivity contribution in [3.63, 3.8) is 0 Å². The van der Waals surface area contributed by atoms with Crippen LogP contribution in [0.1, 0.15) is 28.5 Å². The Balaban J connectivity index is 1.41. The van der Waals surface area contributed by atoms with Gasteiger partial charge in [0, 0.05) is 17.8 Å². The molecule has 1 aliphatic heterocycles. The van der Waals surface area contributed by atoms with Crippen LogP contribution in [-0.4, -0.2) is 30.3 Å². The van der Waals surface area contributed by atoms with Crippen molar-refractivity contribution in [2.75, 3.05) is 9.62 Å². The van der Waals surface area contributed by atoms with Crippen LogP contribution in [0.2, 0.25) is 0 Å². The van der Waals surface area contributed by atoms with E-state index >= 15 is 0 Å². The Labute approximate surface area is 202 Å². The minimum Gasteiger partial charge on any atom is -0.298 e. The highest BCUT2D eigenvalue weighted by molar-refractivity contribution is 7.92. The molecule has 0 saturated carbocycles. The van der Waals surface area contributed by atoms with E-state index in [4.69, 9.17) is 0 Å². The number of nitrogens with one attached hydrogen (secondary N) is 1. The molecule has 0 radical (unpaired) electrons. The van der Waals surface area contributed by atoms with Crippen molar-refractivity contribution >= 4 is 38.1 Å². The van der Waals surface area contributed by atoms with Crippen LogP contribution in [0.4, 0.5) is 10.8 Å². The molecule has 1 unspecified atom stereocenters. The number of thiazole rings is 1. The largest absolute Gasteiger partial charge is 0.298 e. The smallest absolute Gasteiger partial charge is 0.264 e. The molecular weight excluding hydrogens is 468 g/mol. The molecule has 9 heteroatoms. The summed E-state index contributed by atoms with van der Waals surface area (Å²) in [5.41, 5.74) is 3.47. The van der Waals surface area contributed by atoms with Gasteiger partial charge in [0.1, 0.15) is 0 Å². The Morgan fingerprint density at radius 1 is 1.09 bits per heavy atom. The monoisotopic (exact) mass is 490 g/mol. The van der Waals surface area contributed by atoms with E-state index in [9.17, 15) is 13.2 Å². The number of sulfonamides is 1. The fraction of sp³-hybridized carbons (Fsp3) is 0.160. The Hall–Kier alpha value is -3.56. The highest BCUT2D eigenvalue weighted by atomic mass is 32.2. The van der Waals surface area contributed by atoms with Crippen LogP contribution in [0.25, 0.3) is 10.6 Å². The van der Waals surface area contributed by atoms with Crippen molar-refractivity contribution in [3.8, 4) is 10.6 Å².